The standard InChI is InChI=1S/C17H18Br2O2/c1-3-21-13-8-9-14(16(19)11-13)15(18)10-12-6-4-5-7-17(12)20-2/h4-9,11,15H,3,10H2,1-2H3. The fourth-order valence-corrected chi connectivity index (χ4v) is 3.88. The smallest absolute Gasteiger partial charge is 0.122 e. The summed E-state index contributed by atoms with van der Waals surface area (Å²) in [6, 6.07) is 14.2. The number of halogens is 2. The van der Waals surface area contributed by atoms with E-state index in [2.05, 4.69) is 44.0 Å². The second kappa shape index (κ2) is 7.85. The van der Waals surface area contributed by atoms with Crippen LogP contribution in [0.15, 0.2) is 46.9 Å². The number of methoxy groups -OCH3 is 1. The first-order valence-corrected chi connectivity index (χ1v) is 8.54. The molecule has 1 unspecified atom stereocenters. The van der Waals surface area contributed by atoms with E-state index in [-0.39, 0.29) is 4.83 Å². The van der Waals surface area contributed by atoms with Crippen molar-refractivity contribution in [3.05, 3.63) is 58.1 Å². The van der Waals surface area contributed by atoms with Crippen molar-refractivity contribution in [3.63, 3.8) is 0 Å². The topological polar surface area (TPSA) is 18.5 Å². The molecule has 1 atom stereocenters. The van der Waals surface area contributed by atoms with Crippen molar-refractivity contribution in [2.24, 2.45) is 0 Å². The van der Waals surface area contributed by atoms with E-state index in [4.69, 9.17) is 9.47 Å². The summed E-state index contributed by atoms with van der Waals surface area (Å²) in [7, 11) is 1.70. The molecule has 0 aromatic heterocycles. The lowest BCUT2D eigenvalue weighted by atomic mass is 10.0. The molecule has 4 heteroatoms. The molecule has 2 aromatic rings. The molecule has 21 heavy (non-hydrogen) atoms. The van der Waals surface area contributed by atoms with Crippen LogP contribution in [0.3, 0.4) is 0 Å². The van der Waals surface area contributed by atoms with Crippen LogP contribution in [0.5, 0.6) is 11.5 Å². The Bertz CT molecular complexity index is 599. The molecule has 0 saturated heterocycles. The second-order valence-corrected chi connectivity index (χ2v) is 6.56. The average Bonchev–Trinajstić information content (AvgIpc) is 2.48. The zero-order chi connectivity index (χ0) is 15.2. The Morgan fingerprint density at radius 2 is 1.90 bits per heavy atom. The third-order valence-electron chi connectivity index (χ3n) is 3.21. The highest BCUT2D eigenvalue weighted by molar-refractivity contribution is 9.11. The van der Waals surface area contributed by atoms with Crippen LogP contribution in [0.25, 0.3) is 0 Å². The van der Waals surface area contributed by atoms with Crippen LogP contribution in [0.4, 0.5) is 0 Å². The predicted octanol–water partition coefficient (Wildman–Crippen LogP) is 5.54. The maximum Gasteiger partial charge on any atom is 0.122 e. The lowest BCUT2D eigenvalue weighted by molar-refractivity contribution is 0.340. The molecule has 112 valence electrons. The third-order valence-corrected chi connectivity index (χ3v) is 4.72. The van der Waals surface area contributed by atoms with Gasteiger partial charge >= 0.3 is 0 Å². The number of rotatable bonds is 6. The van der Waals surface area contributed by atoms with Crippen molar-refractivity contribution in [2.45, 2.75) is 18.2 Å². The van der Waals surface area contributed by atoms with Gasteiger partial charge in [0.25, 0.3) is 0 Å². The summed E-state index contributed by atoms with van der Waals surface area (Å²) in [4.78, 5) is 0.207. The molecule has 0 radical (unpaired) electrons. The fraction of sp³-hybridized carbons (Fsp3) is 0.294. The monoisotopic (exact) mass is 412 g/mol. The number of alkyl halides is 1. The minimum Gasteiger partial charge on any atom is -0.496 e. The van der Waals surface area contributed by atoms with E-state index >= 15 is 0 Å². The van der Waals surface area contributed by atoms with Crippen LogP contribution in [-0.4, -0.2) is 13.7 Å². The minimum absolute atomic E-state index is 0.207. The van der Waals surface area contributed by atoms with Crippen molar-refractivity contribution in [1.82, 2.24) is 0 Å². The molecule has 0 saturated carbocycles. The summed E-state index contributed by atoms with van der Waals surface area (Å²) in [5, 5.41) is 0. The van der Waals surface area contributed by atoms with E-state index in [1.165, 1.54) is 11.1 Å². The van der Waals surface area contributed by atoms with Gasteiger partial charge in [0.15, 0.2) is 0 Å². The molecule has 0 aliphatic carbocycles. The molecule has 2 aromatic carbocycles. The van der Waals surface area contributed by atoms with Gasteiger partial charge in [0, 0.05) is 9.30 Å². The van der Waals surface area contributed by atoms with Gasteiger partial charge in [0.05, 0.1) is 13.7 Å². The van der Waals surface area contributed by atoms with Gasteiger partial charge in [-0.3, -0.25) is 0 Å². The molecule has 0 bridgehead atoms. The fourth-order valence-electron chi connectivity index (χ4n) is 2.19. The van der Waals surface area contributed by atoms with Crippen molar-refractivity contribution in [3.8, 4) is 11.5 Å². The maximum atomic E-state index is 5.51. The van der Waals surface area contributed by atoms with Crippen LogP contribution in [0, 0.1) is 0 Å². The first-order chi connectivity index (χ1) is 10.2. The van der Waals surface area contributed by atoms with Crippen LogP contribution >= 0.6 is 31.9 Å². The summed E-state index contributed by atoms with van der Waals surface area (Å²) in [5.41, 5.74) is 2.38. The highest BCUT2D eigenvalue weighted by atomic mass is 79.9. The molecule has 0 heterocycles. The highest BCUT2D eigenvalue weighted by Crippen LogP contribution is 2.36. The van der Waals surface area contributed by atoms with Crippen molar-refractivity contribution < 1.29 is 9.47 Å². The van der Waals surface area contributed by atoms with E-state index in [1.54, 1.807) is 7.11 Å². The average molecular weight is 414 g/mol. The lowest BCUT2D eigenvalue weighted by Crippen LogP contribution is -2.00. The van der Waals surface area contributed by atoms with Gasteiger partial charge in [-0.05, 0) is 42.7 Å². The van der Waals surface area contributed by atoms with Crippen molar-refractivity contribution in [2.75, 3.05) is 13.7 Å². The van der Waals surface area contributed by atoms with E-state index < -0.39 is 0 Å². The largest absolute Gasteiger partial charge is 0.496 e. The Balaban J connectivity index is 2.18. The van der Waals surface area contributed by atoms with Gasteiger partial charge in [-0.15, -0.1) is 0 Å². The van der Waals surface area contributed by atoms with Gasteiger partial charge in [-0.25, -0.2) is 0 Å². The summed E-state index contributed by atoms with van der Waals surface area (Å²) in [5.74, 6) is 1.80. The normalized spacial score (nSPS) is 12.0. The molecular weight excluding hydrogens is 396 g/mol. The molecule has 0 aliphatic rings. The van der Waals surface area contributed by atoms with Gasteiger partial charge in [-0.2, -0.15) is 0 Å². The molecule has 0 amide bonds. The molecule has 2 rings (SSSR count). The maximum absolute atomic E-state index is 5.51. The zero-order valence-corrected chi connectivity index (χ0v) is 15.3. The molecule has 2 nitrogen and oxygen atoms in total. The van der Waals surface area contributed by atoms with Gasteiger partial charge in [0.2, 0.25) is 0 Å². The number of ether oxygens (including phenoxy) is 2. The van der Waals surface area contributed by atoms with E-state index in [1.807, 2.05) is 37.3 Å². The van der Waals surface area contributed by atoms with Gasteiger partial charge < -0.3 is 9.47 Å². The summed E-state index contributed by atoms with van der Waals surface area (Å²) < 4.78 is 12.0. The molecule has 0 N–H and O–H groups in total. The van der Waals surface area contributed by atoms with E-state index in [9.17, 15) is 0 Å². The van der Waals surface area contributed by atoms with Crippen LogP contribution in [0.2, 0.25) is 0 Å². The number of para-hydroxylation sites is 1. The Kier molecular flexibility index (Phi) is 6.12. The molecule has 0 fully saturated rings. The zero-order valence-electron chi connectivity index (χ0n) is 12.1. The quantitative estimate of drug-likeness (QED) is 0.579. The van der Waals surface area contributed by atoms with Crippen LogP contribution in [-0.2, 0) is 6.42 Å². The summed E-state index contributed by atoms with van der Waals surface area (Å²) >= 11 is 7.40. The van der Waals surface area contributed by atoms with E-state index in [0.717, 1.165) is 22.4 Å². The third kappa shape index (κ3) is 4.24. The van der Waals surface area contributed by atoms with Crippen LogP contribution < -0.4 is 9.47 Å². The number of benzene rings is 2. The predicted molar refractivity (Wildman–Crippen MR) is 93.7 cm³/mol. The minimum atomic E-state index is 0.207. The SMILES string of the molecule is CCOc1ccc(C(Br)Cc2ccccc2OC)c(Br)c1. The highest BCUT2D eigenvalue weighted by Gasteiger charge is 2.15. The number of hydrogen-bond donors (Lipinski definition) is 0. The first-order valence-electron chi connectivity index (χ1n) is 6.84. The second-order valence-electron chi connectivity index (χ2n) is 4.60. The Morgan fingerprint density at radius 1 is 1.14 bits per heavy atom. The molecule has 0 aliphatic heterocycles. The summed E-state index contributed by atoms with van der Waals surface area (Å²) in [6.45, 7) is 2.65. The summed E-state index contributed by atoms with van der Waals surface area (Å²) in [6.07, 6.45) is 0.858. The molecular formula is C17H18Br2O2. The Morgan fingerprint density at radius 3 is 2.57 bits per heavy atom. The van der Waals surface area contributed by atoms with Gasteiger partial charge in [0.1, 0.15) is 11.5 Å². The first kappa shape index (κ1) is 16.4. The Labute approximate surface area is 142 Å². The number of hydrogen-bond acceptors (Lipinski definition) is 2. The van der Waals surface area contributed by atoms with Crippen LogP contribution in [0.1, 0.15) is 22.9 Å². The lowest BCUT2D eigenvalue weighted by Gasteiger charge is -2.15. The Hall–Kier alpha value is -1.00. The molecule has 0 spiro atoms. The van der Waals surface area contributed by atoms with Crippen molar-refractivity contribution in [1.29, 1.82) is 0 Å². The van der Waals surface area contributed by atoms with Gasteiger partial charge in [-0.1, -0.05) is 56.1 Å². The van der Waals surface area contributed by atoms with E-state index in [0.29, 0.717) is 6.61 Å². The van der Waals surface area contributed by atoms with Crippen molar-refractivity contribution >= 4 is 31.9 Å².